The van der Waals surface area contributed by atoms with Gasteiger partial charge in [-0.3, -0.25) is 0 Å². The highest BCUT2D eigenvalue weighted by molar-refractivity contribution is 9.10. The summed E-state index contributed by atoms with van der Waals surface area (Å²) in [5, 5.41) is 0. The van der Waals surface area contributed by atoms with Crippen molar-refractivity contribution in [2.24, 2.45) is 0 Å². The van der Waals surface area contributed by atoms with Crippen LogP contribution >= 0.6 is 15.9 Å². The van der Waals surface area contributed by atoms with Crippen LogP contribution in [0.25, 0.3) is 11.4 Å². The summed E-state index contributed by atoms with van der Waals surface area (Å²) >= 11 is 3.45. The van der Waals surface area contributed by atoms with Crippen molar-refractivity contribution in [3.63, 3.8) is 0 Å². The summed E-state index contributed by atoms with van der Waals surface area (Å²) < 4.78 is 1.05. The van der Waals surface area contributed by atoms with Crippen LogP contribution in [0.3, 0.4) is 0 Å². The number of halogens is 1. The summed E-state index contributed by atoms with van der Waals surface area (Å²) in [5.41, 5.74) is 8.91. The average Bonchev–Trinajstić information content (AvgIpc) is 2.28. The molecule has 1 aromatic heterocycles. The lowest BCUT2D eigenvalue weighted by atomic mass is 10.1. The SMILES string of the molecule is CCc1cc(N)nc(-c2ccc(Br)cc2C)n1. The lowest BCUT2D eigenvalue weighted by Crippen LogP contribution is -2.00. The molecule has 0 spiro atoms. The van der Waals surface area contributed by atoms with Gasteiger partial charge in [0.05, 0.1) is 0 Å². The summed E-state index contributed by atoms with van der Waals surface area (Å²) in [5.74, 6) is 1.22. The lowest BCUT2D eigenvalue weighted by molar-refractivity contribution is 1.01. The number of aromatic nitrogens is 2. The Labute approximate surface area is 109 Å². The third-order valence-corrected chi connectivity index (χ3v) is 3.08. The standard InChI is InChI=1S/C13H14BrN3/c1-3-10-7-12(15)17-13(16-10)11-5-4-9(14)6-8(11)2/h4-7H,3H2,1-2H3,(H2,15,16,17). The Bertz CT molecular complexity index is 552. The molecule has 0 saturated carbocycles. The molecule has 0 unspecified atom stereocenters. The smallest absolute Gasteiger partial charge is 0.162 e. The number of nitrogen functional groups attached to an aromatic ring is 1. The van der Waals surface area contributed by atoms with E-state index in [0.29, 0.717) is 11.6 Å². The van der Waals surface area contributed by atoms with Gasteiger partial charge in [0.15, 0.2) is 5.82 Å². The molecule has 88 valence electrons. The zero-order valence-corrected chi connectivity index (χ0v) is 11.5. The number of nitrogens with zero attached hydrogens (tertiary/aromatic N) is 2. The van der Waals surface area contributed by atoms with Gasteiger partial charge in [-0.15, -0.1) is 0 Å². The number of anilines is 1. The third-order valence-electron chi connectivity index (χ3n) is 2.59. The van der Waals surface area contributed by atoms with E-state index in [4.69, 9.17) is 5.73 Å². The predicted molar refractivity (Wildman–Crippen MR) is 73.7 cm³/mol. The quantitative estimate of drug-likeness (QED) is 0.923. The maximum atomic E-state index is 5.79. The molecule has 2 N–H and O–H groups in total. The van der Waals surface area contributed by atoms with Gasteiger partial charge in [-0.2, -0.15) is 0 Å². The van der Waals surface area contributed by atoms with Crippen LogP contribution in [0.15, 0.2) is 28.7 Å². The van der Waals surface area contributed by atoms with Crippen molar-refractivity contribution in [1.29, 1.82) is 0 Å². The molecule has 0 atom stereocenters. The van der Waals surface area contributed by atoms with Gasteiger partial charge in [-0.1, -0.05) is 22.9 Å². The van der Waals surface area contributed by atoms with E-state index in [-0.39, 0.29) is 0 Å². The Morgan fingerprint density at radius 1 is 1.24 bits per heavy atom. The van der Waals surface area contributed by atoms with E-state index in [9.17, 15) is 0 Å². The van der Waals surface area contributed by atoms with Crippen molar-refractivity contribution in [3.05, 3.63) is 40.0 Å². The number of benzene rings is 1. The van der Waals surface area contributed by atoms with Crippen LogP contribution in [0.2, 0.25) is 0 Å². The van der Waals surface area contributed by atoms with Gasteiger partial charge in [0.2, 0.25) is 0 Å². The maximum Gasteiger partial charge on any atom is 0.162 e. The molecule has 3 nitrogen and oxygen atoms in total. The Hall–Kier alpha value is -1.42. The number of rotatable bonds is 2. The normalized spacial score (nSPS) is 10.5. The fourth-order valence-corrected chi connectivity index (χ4v) is 2.17. The molecule has 1 aromatic carbocycles. The minimum Gasteiger partial charge on any atom is -0.384 e. The van der Waals surface area contributed by atoms with Crippen LogP contribution < -0.4 is 5.73 Å². The molecule has 2 aromatic rings. The van der Waals surface area contributed by atoms with Gasteiger partial charge in [0.25, 0.3) is 0 Å². The number of hydrogen-bond acceptors (Lipinski definition) is 3. The van der Waals surface area contributed by atoms with Crippen molar-refractivity contribution in [3.8, 4) is 11.4 Å². The highest BCUT2D eigenvalue weighted by Crippen LogP contribution is 2.24. The number of aryl methyl sites for hydroxylation is 2. The Balaban J connectivity index is 2.55. The molecule has 0 aliphatic heterocycles. The van der Waals surface area contributed by atoms with Crippen LogP contribution in [0.5, 0.6) is 0 Å². The van der Waals surface area contributed by atoms with Crippen molar-refractivity contribution >= 4 is 21.7 Å². The molecule has 0 fully saturated rings. The number of nitrogens with two attached hydrogens (primary N) is 1. The molecular weight excluding hydrogens is 278 g/mol. The first-order valence-corrected chi connectivity index (χ1v) is 6.29. The van der Waals surface area contributed by atoms with E-state index < -0.39 is 0 Å². The van der Waals surface area contributed by atoms with Crippen LogP contribution in [-0.4, -0.2) is 9.97 Å². The molecule has 0 saturated heterocycles. The summed E-state index contributed by atoms with van der Waals surface area (Å²) in [4.78, 5) is 8.80. The van der Waals surface area contributed by atoms with E-state index in [1.807, 2.05) is 31.2 Å². The van der Waals surface area contributed by atoms with Crippen molar-refractivity contribution in [1.82, 2.24) is 9.97 Å². The molecule has 2 rings (SSSR count). The second-order valence-electron chi connectivity index (χ2n) is 3.92. The topological polar surface area (TPSA) is 51.8 Å². The monoisotopic (exact) mass is 291 g/mol. The summed E-state index contributed by atoms with van der Waals surface area (Å²) in [6, 6.07) is 7.86. The molecule has 0 aliphatic rings. The van der Waals surface area contributed by atoms with E-state index in [1.54, 1.807) is 0 Å². The minimum atomic E-state index is 0.522. The molecule has 4 heteroatoms. The summed E-state index contributed by atoms with van der Waals surface area (Å²) in [6.45, 7) is 4.10. The Morgan fingerprint density at radius 3 is 2.65 bits per heavy atom. The third kappa shape index (κ3) is 2.64. The minimum absolute atomic E-state index is 0.522. The van der Waals surface area contributed by atoms with Gasteiger partial charge in [-0.05, 0) is 37.1 Å². The van der Waals surface area contributed by atoms with Crippen molar-refractivity contribution < 1.29 is 0 Å². The van der Waals surface area contributed by atoms with Gasteiger partial charge in [0, 0.05) is 21.8 Å². The molecule has 0 radical (unpaired) electrons. The Morgan fingerprint density at radius 2 is 2.00 bits per heavy atom. The fraction of sp³-hybridized carbons (Fsp3) is 0.231. The highest BCUT2D eigenvalue weighted by atomic mass is 79.9. The predicted octanol–water partition coefficient (Wildman–Crippen LogP) is 3.36. The first kappa shape index (κ1) is 12.0. The van der Waals surface area contributed by atoms with Gasteiger partial charge < -0.3 is 5.73 Å². The average molecular weight is 292 g/mol. The van der Waals surface area contributed by atoms with E-state index >= 15 is 0 Å². The van der Waals surface area contributed by atoms with Gasteiger partial charge >= 0.3 is 0 Å². The molecule has 0 bridgehead atoms. The molecule has 17 heavy (non-hydrogen) atoms. The second-order valence-corrected chi connectivity index (χ2v) is 4.84. The van der Waals surface area contributed by atoms with Crippen molar-refractivity contribution in [2.45, 2.75) is 20.3 Å². The highest BCUT2D eigenvalue weighted by Gasteiger charge is 2.07. The summed E-state index contributed by atoms with van der Waals surface area (Å²) in [7, 11) is 0. The van der Waals surface area contributed by atoms with Crippen LogP contribution in [0.4, 0.5) is 5.82 Å². The van der Waals surface area contributed by atoms with Crippen LogP contribution in [0.1, 0.15) is 18.2 Å². The lowest BCUT2D eigenvalue weighted by Gasteiger charge is -2.07. The first-order valence-electron chi connectivity index (χ1n) is 5.50. The van der Waals surface area contributed by atoms with Gasteiger partial charge in [0.1, 0.15) is 5.82 Å². The van der Waals surface area contributed by atoms with Crippen molar-refractivity contribution in [2.75, 3.05) is 5.73 Å². The first-order chi connectivity index (χ1) is 8.10. The zero-order chi connectivity index (χ0) is 12.4. The second kappa shape index (κ2) is 4.84. The molecule has 0 amide bonds. The Kier molecular flexibility index (Phi) is 3.43. The molecule has 0 aliphatic carbocycles. The fourth-order valence-electron chi connectivity index (χ4n) is 1.70. The molecule has 1 heterocycles. The van der Waals surface area contributed by atoms with Gasteiger partial charge in [-0.25, -0.2) is 9.97 Å². The summed E-state index contributed by atoms with van der Waals surface area (Å²) in [6.07, 6.45) is 0.856. The maximum absolute atomic E-state index is 5.79. The van der Waals surface area contributed by atoms with E-state index in [2.05, 4.69) is 32.8 Å². The number of hydrogen-bond donors (Lipinski definition) is 1. The largest absolute Gasteiger partial charge is 0.384 e. The van der Waals surface area contributed by atoms with Crippen LogP contribution in [0, 0.1) is 6.92 Å². The molecular formula is C13H14BrN3. The van der Waals surface area contributed by atoms with E-state index in [1.165, 1.54) is 0 Å². The zero-order valence-electron chi connectivity index (χ0n) is 9.87. The van der Waals surface area contributed by atoms with E-state index in [0.717, 1.165) is 27.7 Å². The van der Waals surface area contributed by atoms with Crippen LogP contribution in [-0.2, 0) is 6.42 Å².